The lowest BCUT2D eigenvalue weighted by molar-refractivity contribution is -0.137. The number of rotatable bonds is 14. The minimum Gasteiger partial charge on any atom is -0.508 e. The molecule has 0 aliphatic heterocycles. The van der Waals surface area contributed by atoms with Crippen LogP contribution in [0.15, 0.2) is 160 Å². The number of anilines is 2. The second-order valence-corrected chi connectivity index (χ2v) is 19.9. The lowest BCUT2D eigenvalue weighted by Gasteiger charge is -2.11. The van der Waals surface area contributed by atoms with Crippen LogP contribution in [0.25, 0.3) is 21.5 Å². The Balaban J connectivity index is 0.000000206. The number of phenolic OH excluding ortho intramolecular Hbond substituents is 4. The fraction of sp³-hybridized carbons (Fsp3) is 0.102. The van der Waals surface area contributed by atoms with Crippen molar-refractivity contribution in [2.24, 2.45) is 0 Å². The normalized spacial score (nSPS) is 11.6. The summed E-state index contributed by atoms with van der Waals surface area (Å²) in [5.74, 6) is -1.13. The van der Waals surface area contributed by atoms with Gasteiger partial charge in [0.05, 0.1) is 21.6 Å². The molecular weight excluding hydrogens is 958 g/mol. The molecule has 8 N–H and O–H groups in total. The van der Waals surface area contributed by atoms with Crippen LogP contribution in [0.3, 0.4) is 0 Å². The molecule has 0 atom stereocenters. The van der Waals surface area contributed by atoms with Crippen LogP contribution in [0.1, 0.15) is 37.4 Å². The van der Waals surface area contributed by atoms with Gasteiger partial charge in [-0.05, 0) is 154 Å². The topological polar surface area (TPSA) is 231 Å². The molecule has 0 fully saturated rings. The summed E-state index contributed by atoms with van der Waals surface area (Å²) in [6.07, 6.45) is -3.63. The van der Waals surface area contributed by atoms with Gasteiger partial charge in [-0.2, -0.15) is 13.2 Å². The number of fused-ring (bicyclic) bond motifs is 2. The van der Waals surface area contributed by atoms with Crippen LogP contribution in [0.4, 0.5) is 24.5 Å². The lowest BCUT2D eigenvalue weighted by atomic mass is 10.0. The maximum absolute atomic E-state index is 12.7. The molecule has 0 spiro atoms. The third-order valence-corrected chi connectivity index (χ3v) is 14.6. The van der Waals surface area contributed by atoms with Crippen molar-refractivity contribution in [2.75, 3.05) is 22.5 Å². The highest BCUT2D eigenvalue weighted by molar-refractivity contribution is 7.94. The number of phenols is 4. The van der Waals surface area contributed by atoms with Gasteiger partial charge in [0.15, 0.2) is 0 Å². The smallest absolute Gasteiger partial charge is 0.416 e. The highest BCUT2D eigenvalue weighted by Gasteiger charge is 2.30. The van der Waals surface area contributed by atoms with Crippen molar-refractivity contribution in [1.82, 2.24) is 10.6 Å². The fourth-order valence-electron chi connectivity index (χ4n) is 6.88. The highest BCUT2D eigenvalue weighted by Crippen LogP contribution is 2.31. The highest BCUT2D eigenvalue weighted by atomic mass is 32.2. The Morgan fingerprint density at radius 1 is 0.522 bits per heavy atom. The van der Waals surface area contributed by atoms with E-state index in [1.165, 1.54) is 60.7 Å². The molecule has 0 radical (unpaired) electrons. The van der Waals surface area contributed by atoms with E-state index in [0.717, 1.165) is 34.6 Å². The monoisotopic (exact) mass is 998 g/mol. The van der Waals surface area contributed by atoms with Gasteiger partial charge in [-0.25, -0.2) is 16.8 Å². The molecule has 0 aliphatic rings. The summed E-state index contributed by atoms with van der Waals surface area (Å²) in [5.41, 5.74) is 1.61. The van der Waals surface area contributed by atoms with E-state index in [-0.39, 0.29) is 55.5 Å². The van der Waals surface area contributed by atoms with Crippen molar-refractivity contribution in [3.63, 3.8) is 0 Å². The number of nitrogens with one attached hydrogen (secondary N) is 4. The number of hydrogen-bond acceptors (Lipinski definition) is 11. The van der Waals surface area contributed by atoms with E-state index in [9.17, 15) is 60.0 Å². The van der Waals surface area contributed by atoms with Crippen molar-refractivity contribution in [2.45, 2.75) is 28.1 Å². The molecule has 356 valence electrons. The molecule has 14 nitrogen and oxygen atoms in total. The number of hydrogen-bond donors (Lipinski definition) is 8. The van der Waals surface area contributed by atoms with Gasteiger partial charge in [-0.15, -0.1) is 11.3 Å². The summed E-state index contributed by atoms with van der Waals surface area (Å²) in [4.78, 5) is 24.7. The van der Waals surface area contributed by atoms with Crippen molar-refractivity contribution in [3.8, 4) is 23.0 Å². The maximum Gasteiger partial charge on any atom is 0.416 e. The molecule has 7 aromatic carbocycles. The number of thiophene rings is 1. The molecule has 2 amide bonds. The number of carbonyl (C=O) groups excluding carboxylic acids is 2. The fourth-order valence-corrected chi connectivity index (χ4v) is 9.99. The molecule has 0 unspecified atom stereocenters. The Kier molecular flexibility index (Phi) is 14.7. The maximum atomic E-state index is 12.7. The van der Waals surface area contributed by atoms with Crippen LogP contribution < -0.4 is 20.1 Å². The summed E-state index contributed by atoms with van der Waals surface area (Å²) in [7, 11) is -7.68. The summed E-state index contributed by atoms with van der Waals surface area (Å²) < 4.78 is 92.7. The van der Waals surface area contributed by atoms with Crippen molar-refractivity contribution in [3.05, 3.63) is 179 Å². The zero-order valence-electron chi connectivity index (χ0n) is 35.9. The first-order chi connectivity index (χ1) is 32.7. The van der Waals surface area contributed by atoms with E-state index in [1.54, 1.807) is 66.0 Å². The lowest BCUT2D eigenvalue weighted by Crippen LogP contribution is -2.25. The summed E-state index contributed by atoms with van der Waals surface area (Å²) in [6.45, 7) is 0.559. The average molecular weight is 999 g/mol. The molecule has 0 bridgehead atoms. The van der Waals surface area contributed by atoms with Crippen molar-refractivity contribution in [1.29, 1.82) is 0 Å². The number of halogens is 3. The van der Waals surface area contributed by atoms with E-state index >= 15 is 0 Å². The van der Waals surface area contributed by atoms with Gasteiger partial charge in [-0.1, -0.05) is 42.5 Å². The van der Waals surface area contributed by atoms with E-state index in [2.05, 4.69) is 20.1 Å². The second kappa shape index (κ2) is 20.6. The van der Waals surface area contributed by atoms with E-state index in [4.69, 9.17) is 0 Å². The average Bonchev–Trinajstić information content (AvgIpc) is 3.87. The first-order valence-electron chi connectivity index (χ1n) is 20.7. The predicted octanol–water partition coefficient (Wildman–Crippen LogP) is 9.13. The van der Waals surface area contributed by atoms with Crippen LogP contribution >= 0.6 is 11.3 Å². The van der Waals surface area contributed by atoms with Crippen molar-refractivity contribution >= 4 is 76.1 Å². The Hall–Kier alpha value is -7.81. The van der Waals surface area contributed by atoms with Crippen LogP contribution in [0, 0.1) is 0 Å². The standard InChI is InChI=1S/C26H21F3N2O5S.C23H20N2O5S2/c27-26(28,29)19-4-9-22(10-5-19)37(35,36)31-20-6-1-16(2-7-20)11-12-30-25(34)23-14-18-13-21(32)8-3-17(18)15-24(23)33;26-19-8-5-16-14-21(27)20(13-17(16)12-19)23(28)24-10-9-15-3-6-18(7-4-15)25-32(29,30)22-2-1-11-31-22/h1-10,13-15,31-33H,11-12H2,(H,30,34);1-8,11-14,25-27H,9-10H2,(H,24,28). The molecule has 0 saturated heterocycles. The first-order valence-corrected chi connectivity index (χ1v) is 24.5. The molecule has 1 heterocycles. The molecule has 8 aromatic rings. The predicted molar refractivity (Wildman–Crippen MR) is 257 cm³/mol. The molecule has 8 rings (SSSR count). The van der Waals surface area contributed by atoms with Crippen LogP contribution in [-0.4, -0.2) is 62.2 Å². The van der Waals surface area contributed by atoms with Gasteiger partial charge in [0.1, 0.15) is 27.2 Å². The van der Waals surface area contributed by atoms with Gasteiger partial charge in [0, 0.05) is 24.5 Å². The molecule has 20 heteroatoms. The van der Waals surface area contributed by atoms with Crippen LogP contribution in [0.5, 0.6) is 23.0 Å². The third kappa shape index (κ3) is 12.6. The zero-order valence-corrected chi connectivity index (χ0v) is 38.3. The Labute approximate surface area is 397 Å². The number of amides is 2. The number of alkyl halides is 3. The molecule has 0 aliphatic carbocycles. The number of benzene rings is 7. The second-order valence-electron chi connectivity index (χ2n) is 15.4. The quantitative estimate of drug-likeness (QED) is 0.0515. The van der Waals surface area contributed by atoms with Crippen LogP contribution in [-0.2, 0) is 39.1 Å². The van der Waals surface area contributed by atoms with Gasteiger partial charge in [-0.3, -0.25) is 19.0 Å². The van der Waals surface area contributed by atoms with Crippen LogP contribution in [0.2, 0.25) is 0 Å². The summed E-state index contributed by atoms with van der Waals surface area (Å²) in [5, 5.41) is 49.4. The van der Waals surface area contributed by atoms with Crippen molar-refractivity contribution < 1.29 is 60.0 Å². The minimum absolute atomic E-state index is 0.0367. The number of carbonyl (C=O) groups is 2. The molecule has 0 saturated carbocycles. The number of sulfonamides is 2. The molecule has 69 heavy (non-hydrogen) atoms. The third-order valence-electron chi connectivity index (χ3n) is 10.4. The Bertz CT molecular complexity index is 3370. The summed E-state index contributed by atoms with van der Waals surface area (Å²) in [6, 6.07) is 34.8. The SMILES string of the molecule is O=C(NCCc1ccc(NS(=O)(=O)c2ccc(C(F)(F)F)cc2)cc1)c1cc2cc(O)ccc2cc1O.O=C(NCCc1ccc(NS(=O)(=O)c2cccs2)cc1)c1cc2cc(O)ccc2cc1O. The van der Waals surface area contributed by atoms with E-state index in [0.29, 0.717) is 58.8 Å². The number of aromatic hydroxyl groups is 4. The first kappa shape index (κ1) is 49.1. The Morgan fingerprint density at radius 2 is 0.971 bits per heavy atom. The van der Waals surface area contributed by atoms with E-state index < -0.39 is 43.6 Å². The zero-order chi connectivity index (χ0) is 49.5. The minimum atomic E-state index is -4.56. The van der Waals surface area contributed by atoms with Gasteiger partial charge in [0.2, 0.25) is 0 Å². The Morgan fingerprint density at radius 3 is 1.39 bits per heavy atom. The van der Waals surface area contributed by atoms with E-state index in [1.807, 2.05) is 0 Å². The van der Waals surface area contributed by atoms with Gasteiger partial charge >= 0.3 is 6.18 Å². The molecule has 1 aromatic heterocycles. The molecular formula is C49H41F3N4O10S3. The van der Waals surface area contributed by atoms with Gasteiger partial charge < -0.3 is 31.1 Å². The largest absolute Gasteiger partial charge is 0.508 e. The van der Waals surface area contributed by atoms with Gasteiger partial charge in [0.25, 0.3) is 31.9 Å². The summed E-state index contributed by atoms with van der Waals surface area (Å²) >= 11 is 1.15.